The molecule has 21 heavy (non-hydrogen) atoms. The molecule has 0 aliphatic carbocycles. The minimum atomic E-state index is 0.430. The van der Waals surface area contributed by atoms with E-state index < -0.39 is 0 Å². The van der Waals surface area contributed by atoms with Crippen molar-refractivity contribution in [2.24, 2.45) is 0 Å². The van der Waals surface area contributed by atoms with E-state index in [-0.39, 0.29) is 0 Å². The van der Waals surface area contributed by atoms with E-state index in [0.29, 0.717) is 12.1 Å². The molecule has 1 aliphatic heterocycles. The molecule has 4 heteroatoms. The molecule has 0 saturated carbocycles. The Labute approximate surface area is 137 Å². The van der Waals surface area contributed by atoms with E-state index in [1.165, 1.54) is 24.9 Å². The highest BCUT2D eigenvalue weighted by Crippen LogP contribution is 2.21. The molecular formula is C17H27BrN2O. The Morgan fingerprint density at radius 3 is 2.76 bits per heavy atom. The first-order valence-electron chi connectivity index (χ1n) is 7.97. The maximum Gasteiger partial charge on any atom is 0.0710 e. The average molecular weight is 355 g/mol. The van der Waals surface area contributed by atoms with Gasteiger partial charge in [-0.25, -0.2) is 0 Å². The Morgan fingerprint density at radius 1 is 1.38 bits per heavy atom. The Hall–Kier alpha value is -0.420. The van der Waals surface area contributed by atoms with Crippen LogP contribution in [0.4, 0.5) is 0 Å². The molecule has 1 N–H and O–H groups in total. The third-order valence-corrected chi connectivity index (χ3v) is 4.74. The van der Waals surface area contributed by atoms with Crippen LogP contribution >= 0.6 is 15.9 Å². The van der Waals surface area contributed by atoms with E-state index in [2.05, 4.69) is 57.3 Å². The van der Waals surface area contributed by atoms with Crippen LogP contribution < -0.4 is 5.32 Å². The smallest absolute Gasteiger partial charge is 0.0710 e. The van der Waals surface area contributed by atoms with Gasteiger partial charge in [-0.05, 0) is 43.5 Å². The summed E-state index contributed by atoms with van der Waals surface area (Å²) in [5, 5.41) is 3.68. The number of benzene rings is 1. The molecule has 1 saturated heterocycles. The second-order valence-electron chi connectivity index (χ2n) is 5.79. The zero-order valence-corrected chi connectivity index (χ0v) is 14.7. The summed E-state index contributed by atoms with van der Waals surface area (Å²) >= 11 is 3.51. The van der Waals surface area contributed by atoms with Crippen LogP contribution in [0.2, 0.25) is 0 Å². The van der Waals surface area contributed by atoms with Crippen LogP contribution in [-0.4, -0.2) is 44.3 Å². The van der Waals surface area contributed by atoms with Gasteiger partial charge in [0.05, 0.1) is 6.10 Å². The third kappa shape index (κ3) is 5.37. The summed E-state index contributed by atoms with van der Waals surface area (Å²) in [5.41, 5.74) is 1.38. The molecule has 0 radical (unpaired) electrons. The van der Waals surface area contributed by atoms with Crippen LogP contribution in [0.5, 0.6) is 0 Å². The van der Waals surface area contributed by atoms with Gasteiger partial charge < -0.3 is 15.0 Å². The summed E-state index contributed by atoms with van der Waals surface area (Å²) < 4.78 is 6.59. The normalized spacial score (nSPS) is 20.8. The van der Waals surface area contributed by atoms with E-state index in [1.807, 2.05) is 7.11 Å². The maximum atomic E-state index is 5.45. The fourth-order valence-corrected chi connectivity index (χ4v) is 3.17. The third-order valence-electron chi connectivity index (χ3n) is 4.21. The van der Waals surface area contributed by atoms with Crippen LogP contribution in [-0.2, 0) is 4.74 Å². The van der Waals surface area contributed by atoms with E-state index in [9.17, 15) is 0 Å². The minimum Gasteiger partial charge on any atom is -0.380 e. The highest BCUT2D eigenvalue weighted by molar-refractivity contribution is 9.10. The fourth-order valence-electron chi connectivity index (χ4n) is 2.90. The number of hydrogen-bond donors (Lipinski definition) is 1. The Balaban J connectivity index is 1.89. The lowest BCUT2D eigenvalue weighted by Gasteiger charge is -2.23. The number of hydrogen-bond acceptors (Lipinski definition) is 3. The van der Waals surface area contributed by atoms with Crippen LogP contribution in [0.3, 0.4) is 0 Å². The number of nitrogens with zero attached hydrogens (tertiary/aromatic N) is 1. The highest BCUT2D eigenvalue weighted by atomic mass is 79.9. The standard InChI is InChI=1S/C17H27BrN2O/c1-3-10-19-17(14-4-6-15(18)7-5-14)9-12-20-11-8-16(13-20)21-2/h4-7,16-17,19H,3,8-13H2,1-2H3. The molecule has 2 atom stereocenters. The second-order valence-corrected chi connectivity index (χ2v) is 6.71. The van der Waals surface area contributed by atoms with Crippen molar-refractivity contribution in [2.45, 2.75) is 38.3 Å². The van der Waals surface area contributed by atoms with Gasteiger partial charge in [0.15, 0.2) is 0 Å². The van der Waals surface area contributed by atoms with Gasteiger partial charge in [0.2, 0.25) is 0 Å². The Kier molecular flexibility index (Phi) is 7.17. The first-order valence-corrected chi connectivity index (χ1v) is 8.76. The maximum absolute atomic E-state index is 5.45. The molecule has 1 aromatic carbocycles. The van der Waals surface area contributed by atoms with Gasteiger partial charge >= 0.3 is 0 Å². The van der Waals surface area contributed by atoms with Gasteiger partial charge in [-0.15, -0.1) is 0 Å². The molecule has 2 unspecified atom stereocenters. The molecule has 0 bridgehead atoms. The Bertz CT molecular complexity index is 410. The predicted octanol–water partition coefficient (Wildman–Crippen LogP) is 3.60. The molecule has 1 heterocycles. The van der Waals surface area contributed by atoms with Gasteiger partial charge in [0.25, 0.3) is 0 Å². The monoisotopic (exact) mass is 354 g/mol. The van der Waals surface area contributed by atoms with E-state index in [4.69, 9.17) is 4.74 Å². The largest absolute Gasteiger partial charge is 0.380 e. The van der Waals surface area contributed by atoms with Gasteiger partial charge in [0, 0.05) is 37.3 Å². The van der Waals surface area contributed by atoms with Gasteiger partial charge in [-0.2, -0.15) is 0 Å². The average Bonchev–Trinajstić information content (AvgIpc) is 2.97. The molecule has 0 aromatic heterocycles. The molecule has 1 aromatic rings. The minimum absolute atomic E-state index is 0.430. The first kappa shape index (κ1) is 16.9. The van der Waals surface area contributed by atoms with Crippen LogP contribution in [0.15, 0.2) is 28.7 Å². The number of likely N-dealkylation sites (tertiary alicyclic amines) is 1. The van der Waals surface area contributed by atoms with E-state index in [0.717, 1.165) is 30.5 Å². The number of ether oxygens (including phenoxy) is 1. The number of methoxy groups -OCH3 is 1. The fraction of sp³-hybridized carbons (Fsp3) is 0.647. The van der Waals surface area contributed by atoms with Gasteiger partial charge in [0.1, 0.15) is 0 Å². The van der Waals surface area contributed by atoms with Crippen LogP contribution in [0, 0.1) is 0 Å². The number of halogens is 1. The summed E-state index contributed by atoms with van der Waals surface area (Å²) in [5.74, 6) is 0. The molecule has 118 valence electrons. The van der Waals surface area contributed by atoms with Crippen LogP contribution in [0.1, 0.15) is 37.8 Å². The van der Waals surface area contributed by atoms with Crippen molar-refractivity contribution in [1.29, 1.82) is 0 Å². The lowest BCUT2D eigenvalue weighted by atomic mass is 10.0. The lowest BCUT2D eigenvalue weighted by Crippen LogP contribution is -2.29. The molecule has 0 spiro atoms. The van der Waals surface area contributed by atoms with Crippen molar-refractivity contribution in [2.75, 3.05) is 33.3 Å². The molecule has 2 rings (SSSR count). The molecule has 3 nitrogen and oxygen atoms in total. The lowest BCUT2D eigenvalue weighted by molar-refractivity contribution is 0.107. The zero-order valence-electron chi connectivity index (χ0n) is 13.1. The summed E-state index contributed by atoms with van der Waals surface area (Å²) in [6, 6.07) is 9.15. The number of nitrogens with one attached hydrogen (secondary N) is 1. The second kappa shape index (κ2) is 8.89. The van der Waals surface area contributed by atoms with E-state index >= 15 is 0 Å². The topological polar surface area (TPSA) is 24.5 Å². The first-order chi connectivity index (χ1) is 10.2. The van der Waals surface area contributed by atoms with Crippen molar-refractivity contribution in [3.05, 3.63) is 34.3 Å². The van der Waals surface area contributed by atoms with E-state index in [1.54, 1.807) is 0 Å². The summed E-state index contributed by atoms with van der Waals surface area (Å²) in [6.07, 6.45) is 3.92. The summed E-state index contributed by atoms with van der Waals surface area (Å²) in [6.45, 7) is 6.67. The molecule has 1 fully saturated rings. The van der Waals surface area contributed by atoms with Crippen molar-refractivity contribution < 1.29 is 4.74 Å². The van der Waals surface area contributed by atoms with Crippen LogP contribution in [0.25, 0.3) is 0 Å². The summed E-state index contributed by atoms with van der Waals surface area (Å²) in [7, 11) is 1.82. The quantitative estimate of drug-likeness (QED) is 0.771. The van der Waals surface area contributed by atoms with Gasteiger partial charge in [-0.3, -0.25) is 0 Å². The Morgan fingerprint density at radius 2 is 2.14 bits per heavy atom. The SMILES string of the molecule is CCCNC(CCN1CCC(OC)C1)c1ccc(Br)cc1. The van der Waals surface area contributed by atoms with Gasteiger partial charge in [-0.1, -0.05) is 35.0 Å². The number of rotatable bonds is 8. The zero-order chi connectivity index (χ0) is 15.1. The molecular weight excluding hydrogens is 328 g/mol. The van der Waals surface area contributed by atoms with Crippen molar-refractivity contribution in [3.63, 3.8) is 0 Å². The molecule has 1 aliphatic rings. The van der Waals surface area contributed by atoms with Crippen molar-refractivity contribution in [3.8, 4) is 0 Å². The van der Waals surface area contributed by atoms with Crippen molar-refractivity contribution >= 4 is 15.9 Å². The molecule has 0 amide bonds. The summed E-state index contributed by atoms with van der Waals surface area (Å²) in [4.78, 5) is 2.52. The van der Waals surface area contributed by atoms with Crippen molar-refractivity contribution in [1.82, 2.24) is 10.2 Å². The predicted molar refractivity (Wildman–Crippen MR) is 91.6 cm³/mol. The highest BCUT2D eigenvalue weighted by Gasteiger charge is 2.22.